The lowest BCUT2D eigenvalue weighted by Gasteiger charge is -2.22. The zero-order valence-electron chi connectivity index (χ0n) is 14.0. The molecule has 1 fully saturated rings. The zero-order valence-corrected chi connectivity index (χ0v) is 14.8. The van der Waals surface area contributed by atoms with E-state index in [1.165, 1.54) is 11.1 Å². The van der Waals surface area contributed by atoms with Gasteiger partial charge in [-0.15, -0.1) is 12.4 Å². The molecule has 2 N–H and O–H groups in total. The standard InChI is InChI=1S/C18H24N4O.ClH/c1-14-5-2-3-6-15(14)8-11-20-18(23)17-9-12-22(21-17)16-7-4-10-19-13-16;/h2-3,5-6,9,12,16,19H,4,7-8,10-11,13H2,1H3,(H,20,23);1H. The molecular formula is C18H25ClN4O. The average Bonchev–Trinajstić information content (AvgIpc) is 3.07. The molecule has 2 heterocycles. The van der Waals surface area contributed by atoms with Crippen molar-refractivity contribution in [1.82, 2.24) is 20.4 Å². The third kappa shape index (κ3) is 4.58. The fourth-order valence-corrected chi connectivity index (χ4v) is 3.01. The second-order valence-electron chi connectivity index (χ2n) is 6.11. The van der Waals surface area contributed by atoms with Gasteiger partial charge in [0.1, 0.15) is 5.69 Å². The van der Waals surface area contributed by atoms with Crippen LogP contribution < -0.4 is 10.6 Å². The molecular weight excluding hydrogens is 324 g/mol. The Balaban J connectivity index is 0.00000208. The van der Waals surface area contributed by atoms with Crippen LogP contribution >= 0.6 is 12.4 Å². The van der Waals surface area contributed by atoms with Gasteiger partial charge in [0.05, 0.1) is 6.04 Å². The van der Waals surface area contributed by atoms with Crippen LogP contribution in [0.25, 0.3) is 0 Å². The van der Waals surface area contributed by atoms with Crippen LogP contribution in [-0.2, 0) is 6.42 Å². The van der Waals surface area contributed by atoms with Crippen molar-refractivity contribution in [2.75, 3.05) is 19.6 Å². The van der Waals surface area contributed by atoms with Crippen LogP contribution in [0.15, 0.2) is 36.5 Å². The maximum Gasteiger partial charge on any atom is 0.271 e. The van der Waals surface area contributed by atoms with Crippen molar-refractivity contribution >= 4 is 18.3 Å². The van der Waals surface area contributed by atoms with Gasteiger partial charge in [0.15, 0.2) is 0 Å². The van der Waals surface area contributed by atoms with Crippen molar-refractivity contribution in [3.63, 3.8) is 0 Å². The van der Waals surface area contributed by atoms with Crippen molar-refractivity contribution in [3.05, 3.63) is 53.3 Å². The SMILES string of the molecule is Cc1ccccc1CCNC(=O)c1ccn(C2CCCNC2)n1.Cl. The summed E-state index contributed by atoms with van der Waals surface area (Å²) in [6.45, 7) is 4.72. The van der Waals surface area contributed by atoms with Crippen LogP contribution in [0, 0.1) is 6.92 Å². The number of aryl methyl sites for hydroxylation is 1. The Bertz CT molecular complexity index is 665. The number of hydrogen-bond donors (Lipinski definition) is 2. The Morgan fingerprint density at radius 2 is 2.21 bits per heavy atom. The number of amides is 1. The molecule has 0 radical (unpaired) electrons. The Morgan fingerprint density at radius 1 is 1.38 bits per heavy atom. The quantitative estimate of drug-likeness (QED) is 0.872. The third-order valence-electron chi connectivity index (χ3n) is 4.43. The van der Waals surface area contributed by atoms with Crippen molar-refractivity contribution in [3.8, 4) is 0 Å². The summed E-state index contributed by atoms with van der Waals surface area (Å²) < 4.78 is 1.92. The van der Waals surface area contributed by atoms with Crippen LogP contribution in [0.1, 0.15) is 40.5 Å². The number of piperidine rings is 1. The van der Waals surface area contributed by atoms with Crippen LogP contribution in [0.5, 0.6) is 0 Å². The molecule has 6 heteroatoms. The Labute approximate surface area is 149 Å². The van der Waals surface area contributed by atoms with Gasteiger partial charge in [-0.2, -0.15) is 5.10 Å². The minimum Gasteiger partial charge on any atom is -0.350 e. The van der Waals surface area contributed by atoms with Gasteiger partial charge in [-0.1, -0.05) is 24.3 Å². The molecule has 0 spiro atoms. The maximum atomic E-state index is 12.2. The highest BCUT2D eigenvalue weighted by atomic mass is 35.5. The lowest BCUT2D eigenvalue weighted by atomic mass is 10.1. The molecule has 0 bridgehead atoms. The summed E-state index contributed by atoms with van der Waals surface area (Å²) in [6, 6.07) is 10.4. The Morgan fingerprint density at radius 3 is 2.96 bits per heavy atom. The van der Waals surface area contributed by atoms with E-state index < -0.39 is 0 Å². The highest BCUT2D eigenvalue weighted by molar-refractivity contribution is 5.92. The van der Waals surface area contributed by atoms with Crippen molar-refractivity contribution < 1.29 is 4.79 Å². The molecule has 0 aliphatic carbocycles. The maximum absolute atomic E-state index is 12.2. The van der Waals surface area contributed by atoms with Crippen LogP contribution in [-0.4, -0.2) is 35.3 Å². The molecule has 1 aromatic heterocycles. The first-order valence-corrected chi connectivity index (χ1v) is 8.32. The number of carbonyl (C=O) groups is 1. The first-order valence-electron chi connectivity index (χ1n) is 8.32. The van der Waals surface area contributed by atoms with Crippen LogP contribution in [0.3, 0.4) is 0 Å². The molecule has 3 rings (SSSR count). The van der Waals surface area contributed by atoms with E-state index in [2.05, 4.69) is 34.8 Å². The molecule has 130 valence electrons. The average molecular weight is 349 g/mol. The van der Waals surface area contributed by atoms with E-state index in [0.29, 0.717) is 18.3 Å². The van der Waals surface area contributed by atoms with Crippen LogP contribution in [0.4, 0.5) is 0 Å². The summed E-state index contributed by atoms with van der Waals surface area (Å²) in [5, 5.41) is 10.8. The first kappa shape index (κ1) is 18.5. The molecule has 1 atom stereocenters. The summed E-state index contributed by atoms with van der Waals surface area (Å²) >= 11 is 0. The van der Waals surface area contributed by atoms with E-state index in [9.17, 15) is 4.79 Å². The zero-order chi connectivity index (χ0) is 16.1. The fraction of sp³-hybridized carbons (Fsp3) is 0.444. The summed E-state index contributed by atoms with van der Waals surface area (Å²) in [7, 11) is 0. The van der Waals surface area contributed by atoms with Gasteiger partial charge < -0.3 is 10.6 Å². The number of hydrogen-bond acceptors (Lipinski definition) is 3. The molecule has 1 aliphatic rings. The van der Waals surface area contributed by atoms with Gasteiger partial charge in [-0.05, 0) is 49.9 Å². The largest absolute Gasteiger partial charge is 0.350 e. The Hall–Kier alpha value is -1.85. The number of aromatic nitrogens is 2. The number of nitrogens with one attached hydrogen (secondary N) is 2. The predicted molar refractivity (Wildman–Crippen MR) is 97.8 cm³/mol. The van der Waals surface area contributed by atoms with Crippen LogP contribution in [0.2, 0.25) is 0 Å². The lowest BCUT2D eigenvalue weighted by Crippen LogP contribution is -2.32. The second-order valence-corrected chi connectivity index (χ2v) is 6.11. The highest BCUT2D eigenvalue weighted by Gasteiger charge is 2.17. The van der Waals surface area contributed by atoms with Gasteiger partial charge in [0, 0.05) is 19.3 Å². The van der Waals surface area contributed by atoms with Gasteiger partial charge in [-0.25, -0.2) is 0 Å². The predicted octanol–water partition coefficient (Wildman–Crippen LogP) is 2.51. The molecule has 24 heavy (non-hydrogen) atoms. The smallest absolute Gasteiger partial charge is 0.271 e. The molecule has 1 unspecified atom stereocenters. The normalized spacial score (nSPS) is 17.1. The number of carbonyl (C=O) groups excluding carboxylic acids is 1. The molecule has 1 aromatic carbocycles. The Kier molecular flexibility index (Phi) is 6.82. The topological polar surface area (TPSA) is 59.0 Å². The van der Waals surface area contributed by atoms with Gasteiger partial charge in [-0.3, -0.25) is 9.48 Å². The van der Waals surface area contributed by atoms with Gasteiger partial charge >= 0.3 is 0 Å². The molecule has 1 aliphatic heterocycles. The summed E-state index contributed by atoms with van der Waals surface area (Å²) in [6.07, 6.45) is 5.02. The molecule has 1 amide bonds. The van der Waals surface area contributed by atoms with Crippen molar-refractivity contribution in [2.45, 2.75) is 32.2 Å². The monoisotopic (exact) mass is 348 g/mol. The van der Waals surface area contributed by atoms with E-state index in [1.54, 1.807) is 6.07 Å². The molecule has 5 nitrogen and oxygen atoms in total. The van der Waals surface area contributed by atoms with Crippen molar-refractivity contribution in [1.29, 1.82) is 0 Å². The summed E-state index contributed by atoms with van der Waals surface area (Å²) in [5.74, 6) is -0.0962. The molecule has 0 saturated carbocycles. The first-order chi connectivity index (χ1) is 11.2. The minimum absolute atomic E-state index is 0. The number of benzene rings is 1. The van der Waals surface area contributed by atoms with Crippen molar-refractivity contribution in [2.24, 2.45) is 0 Å². The number of nitrogens with zero attached hydrogens (tertiary/aromatic N) is 2. The van der Waals surface area contributed by atoms with E-state index in [1.807, 2.05) is 23.0 Å². The number of rotatable bonds is 5. The van der Waals surface area contributed by atoms with E-state index >= 15 is 0 Å². The molecule has 2 aromatic rings. The van der Waals surface area contributed by atoms with E-state index in [4.69, 9.17) is 0 Å². The molecule has 1 saturated heterocycles. The second kappa shape index (κ2) is 8.85. The fourth-order valence-electron chi connectivity index (χ4n) is 3.01. The highest BCUT2D eigenvalue weighted by Crippen LogP contribution is 2.15. The minimum atomic E-state index is -0.0962. The number of halogens is 1. The summed E-state index contributed by atoms with van der Waals surface area (Å²) in [5.41, 5.74) is 3.03. The van der Waals surface area contributed by atoms with Gasteiger partial charge in [0.25, 0.3) is 5.91 Å². The van der Waals surface area contributed by atoms with E-state index in [0.717, 1.165) is 32.4 Å². The third-order valence-corrected chi connectivity index (χ3v) is 4.43. The summed E-state index contributed by atoms with van der Waals surface area (Å²) in [4.78, 5) is 12.2. The van der Waals surface area contributed by atoms with Gasteiger partial charge in [0.2, 0.25) is 0 Å². The van der Waals surface area contributed by atoms with E-state index in [-0.39, 0.29) is 18.3 Å². The lowest BCUT2D eigenvalue weighted by molar-refractivity contribution is 0.0947.